The summed E-state index contributed by atoms with van der Waals surface area (Å²) in [7, 11) is 0. The number of hydrogen-bond donors (Lipinski definition) is 4. The van der Waals surface area contributed by atoms with E-state index in [0.29, 0.717) is 12.5 Å². The standard InChI is InChI=1S/C14H29NO.C6H7NS/c1-2-3-7-14(12-16)11-15-10-13-8-5-4-6-9-13;7-5-1-3-6(8)4-2-5/h13-16H,2-12H2,1H3;1-4,8H,7H2. The van der Waals surface area contributed by atoms with Crippen molar-refractivity contribution in [2.24, 2.45) is 11.8 Å². The van der Waals surface area contributed by atoms with Crippen molar-refractivity contribution in [3.8, 4) is 0 Å². The van der Waals surface area contributed by atoms with Gasteiger partial charge in [-0.2, -0.15) is 0 Å². The van der Waals surface area contributed by atoms with Crippen molar-refractivity contribution >= 4 is 18.3 Å². The van der Waals surface area contributed by atoms with Gasteiger partial charge in [-0.05, 0) is 61.9 Å². The first-order chi connectivity index (χ1) is 11.7. The van der Waals surface area contributed by atoms with Crippen LogP contribution in [0.1, 0.15) is 58.3 Å². The Kier molecular flexibility index (Phi) is 12.1. The van der Waals surface area contributed by atoms with Gasteiger partial charge in [0.05, 0.1) is 0 Å². The summed E-state index contributed by atoms with van der Waals surface area (Å²) in [5.41, 5.74) is 6.17. The molecule has 138 valence electrons. The minimum Gasteiger partial charge on any atom is -0.399 e. The Balaban J connectivity index is 0.000000300. The molecular formula is C20H36N2OS. The summed E-state index contributed by atoms with van der Waals surface area (Å²) in [6.07, 6.45) is 10.8. The van der Waals surface area contributed by atoms with Crippen LogP contribution in [-0.2, 0) is 0 Å². The lowest BCUT2D eigenvalue weighted by Crippen LogP contribution is -2.30. The van der Waals surface area contributed by atoms with E-state index in [-0.39, 0.29) is 0 Å². The molecule has 0 aromatic heterocycles. The van der Waals surface area contributed by atoms with Gasteiger partial charge < -0.3 is 16.2 Å². The molecule has 24 heavy (non-hydrogen) atoms. The molecule has 1 fully saturated rings. The summed E-state index contributed by atoms with van der Waals surface area (Å²) in [5.74, 6) is 1.38. The highest BCUT2D eigenvalue weighted by molar-refractivity contribution is 7.80. The molecule has 1 aromatic rings. The molecule has 3 nitrogen and oxygen atoms in total. The minimum absolute atomic E-state index is 0.345. The van der Waals surface area contributed by atoms with E-state index in [9.17, 15) is 5.11 Å². The van der Waals surface area contributed by atoms with Crippen LogP contribution in [0.4, 0.5) is 5.69 Å². The zero-order valence-corrected chi connectivity index (χ0v) is 16.1. The van der Waals surface area contributed by atoms with Gasteiger partial charge in [-0.15, -0.1) is 12.6 Å². The van der Waals surface area contributed by atoms with Gasteiger partial charge in [-0.3, -0.25) is 0 Å². The molecule has 1 aliphatic carbocycles. The largest absolute Gasteiger partial charge is 0.399 e. The molecular weight excluding hydrogens is 316 g/mol. The highest BCUT2D eigenvalue weighted by Crippen LogP contribution is 2.22. The van der Waals surface area contributed by atoms with Gasteiger partial charge in [0.25, 0.3) is 0 Å². The number of aliphatic hydroxyl groups excluding tert-OH is 1. The molecule has 1 unspecified atom stereocenters. The quantitative estimate of drug-likeness (QED) is 0.411. The number of benzene rings is 1. The SMILES string of the molecule is CCCCC(CO)CNCC1CCCCC1.Nc1ccc(S)cc1. The fraction of sp³-hybridized carbons (Fsp3) is 0.700. The van der Waals surface area contributed by atoms with Crippen LogP contribution in [0.5, 0.6) is 0 Å². The Labute approximate surface area is 153 Å². The highest BCUT2D eigenvalue weighted by Gasteiger charge is 2.13. The van der Waals surface area contributed by atoms with Crippen molar-refractivity contribution in [3.05, 3.63) is 24.3 Å². The average Bonchev–Trinajstić information content (AvgIpc) is 2.62. The number of thiol groups is 1. The fourth-order valence-corrected chi connectivity index (χ4v) is 3.26. The van der Waals surface area contributed by atoms with Crippen molar-refractivity contribution in [2.45, 2.75) is 63.2 Å². The maximum atomic E-state index is 9.25. The van der Waals surface area contributed by atoms with Crippen LogP contribution in [-0.4, -0.2) is 24.8 Å². The average molecular weight is 353 g/mol. The summed E-state index contributed by atoms with van der Waals surface area (Å²) in [4.78, 5) is 0.944. The molecule has 0 saturated heterocycles. The van der Waals surface area contributed by atoms with Crippen LogP contribution in [0.15, 0.2) is 29.2 Å². The Hall–Kier alpha value is -0.710. The first-order valence-corrected chi connectivity index (χ1v) is 9.96. The first kappa shape index (κ1) is 21.3. The number of nitrogen functional groups attached to an aromatic ring is 1. The molecule has 0 amide bonds. The van der Waals surface area contributed by atoms with Crippen LogP contribution in [0, 0.1) is 11.8 Å². The lowest BCUT2D eigenvalue weighted by Gasteiger charge is -2.23. The molecule has 0 radical (unpaired) electrons. The van der Waals surface area contributed by atoms with Gasteiger partial charge in [-0.1, -0.05) is 39.0 Å². The Bertz CT molecular complexity index is 384. The van der Waals surface area contributed by atoms with Crippen LogP contribution in [0.3, 0.4) is 0 Å². The van der Waals surface area contributed by atoms with Gasteiger partial charge >= 0.3 is 0 Å². The molecule has 0 aliphatic heterocycles. The predicted octanol–water partition coefficient (Wildman–Crippen LogP) is 4.51. The number of hydrogen-bond acceptors (Lipinski definition) is 4. The molecule has 4 heteroatoms. The molecule has 0 heterocycles. The third kappa shape index (κ3) is 10.2. The second kappa shape index (κ2) is 13.6. The van der Waals surface area contributed by atoms with E-state index in [1.807, 2.05) is 24.3 Å². The topological polar surface area (TPSA) is 58.3 Å². The molecule has 0 spiro atoms. The van der Waals surface area contributed by atoms with E-state index in [4.69, 9.17) is 5.73 Å². The first-order valence-electron chi connectivity index (χ1n) is 9.51. The normalized spacial score (nSPS) is 16.3. The van der Waals surface area contributed by atoms with E-state index in [1.165, 1.54) is 57.9 Å². The van der Waals surface area contributed by atoms with E-state index < -0.39 is 0 Å². The maximum Gasteiger partial charge on any atom is 0.0471 e. The molecule has 2 rings (SSSR count). The lowest BCUT2D eigenvalue weighted by molar-refractivity contribution is 0.208. The van der Waals surface area contributed by atoms with Crippen molar-refractivity contribution < 1.29 is 5.11 Å². The summed E-state index contributed by atoms with van der Waals surface area (Å²) in [6, 6.07) is 7.36. The van der Waals surface area contributed by atoms with Crippen LogP contribution < -0.4 is 11.1 Å². The van der Waals surface area contributed by atoms with Gasteiger partial charge in [0.15, 0.2) is 0 Å². The number of rotatable bonds is 8. The summed E-state index contributed by atoms with van der Waals surface area (Å²) >= 11 is 4.08. The van der Waals surface area contributed by atoms with E-state index in [1.54, 1.807) is 0 Å². The summed E-state index contributed by atoms with van der Waals surface area (Å²) < 4.78 is 0. The smallest absolute Gasteiger partial charge is 0.0471 e. The van der Waals surface area contributed by atoms with Crippen LogP contribution >= 0.6 is 12.6 Å². The number of unbranched alkanes of at least 4 members (excludes halogenated alkanes) is 1. The van der Waals surface area contributed by atoms with Crippen molar-refractivity contribution in [2.75, 3.05) is 25.4 Å². The van der Waals surface area contributed by atoms with E-state index in [2.05, 4.69) is 24.9 Å². The molecule has 4 N–H and O–H groups in total. The molecule has 1 atom stereocenters. The Morgan fingerprint density at radius 2 is 1.88 bits per heavy atom. The van der Waals surface area contributed by atoms with Crippen LogP contribution in [0.2, 0.25) is 0 Å². The molecule has 1 aliphatic rings. The number of anilines is 1. The van der Waals surface area contributed by atoms with Crippen molar-refractivity contribution in [1.82, 2.24) is 5.32 Å². The zero-order chi connectivity index (χ0) is 17.6. The van der Waals surface area contributed by atoms with E-state index in [0.717, 1.165) is 23.0 Å². The van der Waals surface area contributed by atoms with E-state index >= 15 is 0 Å². The minimum atomic E-state index is 0.345. The molecule has 0 bridgehead atoms. The summed E-state index contributed by atoms with van der Waals surface area (Å²) in [5, 5.41) is 12.8. The van der Waals surface area contributed by atoms with Crippen molar-refractivity contribution in [1.29, 1.82) is 0 Å². The third-order valence-electron chi connectivity index (χ3n) is 4.71. The van der Waals surface area contributed by atoms with Gasteiger partial charge in [0.2, 0.25) is 0 Å². The van der Waals surface area contributed by atoms with Crippen LogP contribution in [0.25, 0.3) is 0 Å². The van der Waals surface area contributed by atoms with Gasteiger partial charge in [0.1, 0.15) is 0 Å². The monoisotopic (exact) mass is 352 g/mol. The van der Waals surface area contributed by atoms with Gasteiger partial charge in [0, 0.05) is 23.7 Å². The highest BCUT2D eigenvalue weighted by atomic mass is 32.1. The van der Waals surface area contributed by atoms with Gasteiger partial charge in [-0.25, -0.2) is 0 Å². The molecule has 1 aromatic carbocycles. The summed E-state index contributed by atoms with van der Waals surface area (Å²) in [6.45, 7) is 4.73. The number of nitrogens with one attached hydrogen (secondary N) is 1. The zero-order valence-electron chi connectivity index (χ0n) is 15.2. The second-order valence-corrected chi connectivity index (χ2v) is 7.46. The van der Waals surface area contributed by atoms with Crippen molar-refractivity contribution in [3.63, 3.8) is 0 Å². The Morgan fingerprint density at radius 3 is 2.42 bits per heavy atom. The lowest BCUT2D eigenvalue weighted by atomic mass is 9.89. The second-order valence-electron chi connectivity index (χ2n) is 6.94. The number of nitrogens with two attached hydrogens (primary N) is 1. The predicted molar refractivity (Wildman–Crippen MR) is 108 cm³/mol. The Morgan fingerprint density at radius 1 is 1.21 bits per heavy atom. The molecule has 1 saturated carbocycles. The third-order valence-corrected chi connectivity index (χ3v) is 5.01. The maximum absolute atomic E-state index is 9.25. The number of aliphatic hydroxyl groups is 1. The fourth-order valence-electron chi connectivity index (χ4n) is 3.11.